The van der Waals surface area contributed by atoms with Crippen LogP contribution in [0.25, 0.3) is 0 Å². The van der Waals surface area contributed by atoms with E-state index < -0.39 is 0 Å². The highest BCUT2D eigenvalue weighted by molar-refractivity contribution is 5.94. The van der Waals surface area contributed by atoms with Gasteiger partial charge in [0.15, 0.2) is 0 Å². The number of hydrogen-bond acceptors (Lipinski definition) is 2. The lowest BCUT2D eigenvalue weighted by Crippen LogP contribution is -2.41. The van der Waals surface area contributed by atoms with E-state index >= 15 is 0 Å². The first-order chi connectivity index (χ1) is 11.9. The predicted molar refractivity (Wildman–Crippen MR) is 96.1 cm³/mol. The Bertz CT molecular complexity index is 737. The SMILES string of the molecule is Cc1cc(C)cc(C(=O)N(C)[C@H]2CCO[C@H](c3ccc(F)cc3)C2)c1. The Morgan fingerprint density at radius 1 is 1.12 bits per heavy atom. The molecule has 0 aliphatic carbocycles. The molecule has 4 heteroatoms. The third-order valence-electron chi connectivity index (χ3n) is 4.83. The molecule has 1 aliphatic rings. The minimum absolute atomic E-state index is 0.0385. The molecule has 2 atom stereocenters. The Labute approximate surface area is 148 Å². The summed E-state index contributed by atoms with van der Waals surface area (Å²) in [5, 5.41) is 0. The fourth-order valence-electron chi connectivity index (χ4n) is 3.51. The second-order valence-corrected chi connectivity index (χ2v) is 6.88. The second kappa shape index (κ2) is 7.36. The summed E-state index contributed by atoms with van der Waals surface area (Å²) in [6.07, 6.45) is 1.43. The number of nitrogens with zero attached hydrogens (tertiary/aromatic N) is 1. The molecule has 0 bridgehead atoms. The van der Waals surface area contributed by atoms with Crippen molar-refractivity contribution in [1.29, 1.82) is 0 Å². The molecule has 1 heterocycles. The van der Waals surface area contributed by atoms with Gasteiger partial charge >= 0.3 is 0 Å². The van der Waals surface area contributed by atoms with Crippen LogP contribution in [0.15, 0.2) is 42.5 Å². The zero-order chi connectivity index (χ0) is 18.0. The number of hydrogen-bond donors (Lipinski definition) is 0. The zero-order valence-corrected chi connectivity index (χ0v) is 15.0. The van der Waals surface area contributed by atoms with Gasteiger partial charge in [0.05, 0.1) is 6.10 Å². The number of aryl methyl sites for hydroxylation is 2. The van der Waals surface area contributed by atoms with Crippen LogP contribution in [0.2, 0.25) is 0 Å². The van der Waals surface area contributed by atoms with Crippen LogP contribution in [0.4, 0.5) is 4.39 Å². The van der Waals surface area contributed by atoms with Crippen molar-refractivity contribution in [3.63, 3.8) is 0 Å². The van der Waals surface area contributed by atoms with Gasteiger partial charge in [0.2, 0.25) is 0 Å². The standard InChI is InChI=1S/C21H24FNO2/c1-14-10-15(2)12-17(11-14)21(24)23(3)19-8-9-25-20(13-19)16-4-6-18(22)7-5-16/h4-7,10-12,19-20H,8-9,13H2,1-3H3/t19-,20-/m0/s1. The van der Waals surface area contributed by atoms with E-state index in [1.807, 2.05) is 37.9 Å². The summed E-state index contributed by atoms with van der Waals surface area (Å²) in [6, 6.07) is 12.5. The molecule has 1 aliphatic heterocycles. The van der Waals surface area contributed by atoms with Gasteiger partial charge in [0.25, 0.3) is 5.91 Å². The Morgan fingerprint density at radius 3 is 2.40 bits per heavy atom. The lowest BCUT2D eigenvalue weighted by molar-refractivity contribution is -0.0197. The van der Waals surface area contributed by atoms with Crippen LogP contribution >= 0.6 is 0 Å². The van der Waals surface area contributed by atoms with E-state index in [1.54, 1.807) is 12.1 Å². The highest BCUT2D eigenvalue weighted by Crippen LogP contribution is 2.31. The van der Waals surface area contributed by atoms with E-state index in [-0.39, 0.29) is 23.9 Å². The molecular weight excluding hydrogens is 317 g/mol. The molecule has 0 unspecified atom stereocenters. The van der Waals surface area contributed by atoms with Gasteiger partial charge in [-0.05, 0) is 56.5 Å². The molecule has 2 aromatic carbocycles. The number of amides is 1. The Kier molecular flexibility index (Phi) is 5.19. The molecule has 3 rings (SSSR count). The zero-order valence-electron chi connectivity index (χ0n) is 15.0. The minimum Gasteiger partial charge on any atom is -0.373 e. The van der Waals surface area contributed by atoms with Gasteiger partial charge in [-0.15, -0.1) is 0 Å². The smallest absolute Gasteiger partial charge is 0.253 e. The van der Waals surface area contributed by atoms with Crippen molar-refractivity contribution in [1.82, 2.24) is 4.90 Å². The summed E-state index contributed by atoms with van der Waals surface area (Å²) >= 11 is 0. The number of carbonyl (C=O) groups is 1. The molecule has 0 saturated carbocycles. The monoisotopic (exact) mass is 341 g/mol. The third kappa shape index (κ3) is 4.07. The summed E-state index contributed by atoms with van der Waals surface area (Å²) in [5.41, 5.74) is 3.86. The molecule has 132 valence electrons. The summed E-state index contributed by atoms with van der Waals surface area (Å²) in [7, 11) is 1.86. The summed E-state index contributed by atoms with van der Waals surface area (Å²) in [6.45, 7) is 4.60. The van der Waals surface area contributed by atoms with Gasteiger partial charge in [-0.2, -0.15) is 0 Å². The first-order valence-corrected chi connectivity index (χ1v) is 8.66. The van der Waals surface area contributed by atoms with E-state index in [4.69, 9.17) is 4.74 Å². The normalized spacial score (nSPS) is 20.3. The van der Waals surface area contributed by atoms with Crippen LogP contribution in [0.1, 0.15) is 46.0 Å². The lowest BCUT2D eigenvalue weighted by atomic mass is 9.96. The minimum atomic E-state index is -0.252. The van der Waals surface area contributed by atoms with Crippen molar-refractivity contribution < 1.29 is 13.9 Å². The first-order valence-electron chi connectivity index (χ1n) is 8.66. The van der Waals surface area contributed by atoms with Crippen molar-refractivity contribution >= 4 is 5.91 Å². The molecule has 0 radical (unpaired) electrons. The molecule has 2 aromatic rings. The van der Waals surface area contributed by atoms with Gasteiger partial charge in [0, 0.05) is 25.3 Å². The maximum Gasteiger partial charge on any atom is 0.253 e. The van der Waals surface area contributed by atoms with Crippen LogP contribution in [0.3, 0.4) is 0 Å². The Balaban J connectivity index is 1.73. The number of benzene rings is 2. The topological polar surface area (TPSA) is 29.5 Å². The van der Waals surface area contributed by atoms with E-state index in [9.17, 15) is 9.18 Å². The van der Waals surface area contributed by atoms with E-state index in [0.29, 0.717) is 6.61 Å². The van der Waals surface area contributed by atoms with Crippen molar-refractivity contribution in [3.05, 3.63) is 70.5 Å². The van der Waals surface area contributed by atoms with Gasteiger partial charge in [0.1, 0.15) is 5.82 Å². The highest BCUT2D eigenvalue weighted by Gasteiger charge is 2.29. The Hall–Kier alpha value is -2.20. The average molecular weight is 341 g/mol. The lowest BCUT2D eigenvalue weighted by Gasteiger charge is -2.35. The largest absolute Gasteiger partial charge is 0.373 e. The number of rotatable bonds is 3. The fraction of sp³-hybridized carbons (Fsp3) is 0.381. The van der Waals surface area contributed by atoms with E-state index in [2.05, 4.69) is 6.07 Å². The summed E-state index contributed by atoms with van der Waals surface area (Å²) in [5.74, 6) is -0.213. The predicted octanol–water partition coefficient (Wildman–Crippen LogP) is 4.43. The van der Waals surface area contributed by atoms with Crippen molar-refractivity contribution in [2.75, 3.05) is 13.7 Å². The van der Waals surface area contributed by atoms with E-state index in [1.165, 1.54) is 12.1 Å². The maximum atomic E-state index is 13.1. The van der Waals surface area contributed by atoms with Gasteiger partial charge in [-0.1, -0.05) is 29.3 Å². The quantitative estimate of drug-likeness (QED) is 0.826. The van der Waals surface area contributed by atoms with Crippen LogP contribution in [-0.2, 0) is 4.74 Å². The highest BCUT2D eigenvalue weighted by atomic mass is 19.1. The van der Waals surface area contributed by atoms with Crippen LogP contribution < -0.4 is 0 Å². The molecule has 3 nitrogen and oxygen atoms in total. The van der Waals surface area contributed by atoms with Crippen molar-refractivity contribution in [2.24, 2.45) is 0 Å². The number of ether oxygens (including phenoxy) is 1. The van der Waals surface area contributed by atoms with Gasteiger partial charge < -0.3 is 9.64 Å². The average Bonchev–Trinajstić information content (AvgIpc) is 2.60. The molecule has 0 spiro atoms. The number of halogens is 1. The van der Waals surface area contributed by atoms with Crippen LogP contribution in [0, 0.1) is 19.7 Å². The summed E-state index contributed by atoms with van der Waals surface area (Å²) in [4.78, 5) is 14.7. The van der Waals surface area contributed by atoms with Crippen molar-refractivity contribution in [3.8, 4) is 0 Å². The maximum absolute atomic E-state index is 13.1. The van der Waals surface area contributed by atoms with Gasteiger partial charge in [-0.25, -0.2) is 4.39 Å². The number of carbonyl (C=O) groups excluding carboxylic acids is 1. The molecule has 1 amide bonds. The first kappa shape index (κ1) is 17.6. The molecule has 0 aromatic heterocycles. The second-order valence-electron chi connectivity index (χ2n) is 6.88. The molecular formula is C21H24FNO2. The van der Waals surface area contributed by atoms with Crippen LogP contribution in [0.5, 0.6) is 0 Å². The third-order valence-corrected chi connectivity index (χ3v) is 4.83. The fourth-order valence-corrected chi connectivity index (χ4v) is 3.51. The molecule has 25 heavy (non-hydrogen) atoms. The Morgan fingerprint density at radius 2 is 1.76 bits per heavy atom. The van der Waals surface area contributed by atoms with Crippen LogP contribution in [-0.4, -0.2) is 30.5 Å². The van der Waals surface area contributed by atoms with Gasteiger partial charge in [-0.3, -0.25) is 4.79 Å². The molecule has 1 saturated heterocycles. The van der Waals surface area contributed by atoms with E-state index in [0.717, 1.165) is 35.1 Å². The summed E-state index contributed by atoms with van der Waals surface area (Å²) < 4.78 is 19.0. The molecule has 0 N–H and O–H groups in total. The van der Waals surface area contributed by atoms with Crippen molar-refractivity contribution in [2.45, 2.75) is 38.8 Å². The molecule has 1 fully saturated rings.